The van der Waals surface area contributed by atoms with E-state index in [1.807, 2.05) is 26.8 Å². The minimum atomic E-state index is -0.266. The van der Waals surface area contributed by atoms with Crippen molar-refractivity contribution in [1.29, 1.82) is 0 Å². The molecule has 0 heterocycles. The zero-order valence-electron chi connectivity index (χ0n) is 13.9. The normalized spacial score (nSPS) is 14.0. The first-order chi connectivity index (χ1) is 10.1. The molecule has 21 heavy (non-hydrogen) atoms. The predicted molar refractivity (Wildman–Crippen MR) is 87.3 cm³/mol. The summed E-state index contributed by atoms with van der Waals surface area (Å²) in [5, 5.41) is 3.28. The van der Waals surface area contributed by atoms with Crippen LogP contribution in [-0.4, -0.2) is 12.6 Å². The van der Waals surface area contributed by atoms with E-state index in [0.717, 1.165) is 24.9 Å². The number of unbranched alkanes of at least 4 members (excludes halogenated alkanes) is 3. The highest BCUT2D eigenvalue weighted by atomic mass is 19.1. The fraction of sp³-hybridized carbons (Fsp3) is 0.667. The molecule has 1 N–H and O–H groups in total. The predicted octanol–water partition coefficient (Wildman–Crippen LogP) is 5.23. The lowest BCUT2D eigenvalue weighted by molar-refractivity contribution is 0.197. The van der Waals surface area contributed by atoms with Gasteiger partial charge in [0.25, 0.3) is 0 Å². The van der Waals surface area contributed by atoms with E-state index < -0.39 is 0 Å². The Morgan fingerprint density at radius 3 is 2.52 bits per heavy atom. The molecular formula is C18H30FNO. The standard InChI is InChI=1S/C18H30FNO/c1-5-7-8-9-10-14(3)21-18-12-11-16(13-17(18)19)15(4)20-6-2/h11-15,20H,5-10H2,1-4H3. The highest BCUT2D eigenvalue weighted by Crippen LogP contribution is 2.24. The van der Waals surface area contributed by atoms with Gasteiger partial charge in [-0.15, -0.1) is 0 Å². The maximum Gasteiger partial charge on any atom is 0.165 e. The molecular weight excluding hydrogens is 265 g/mol. The van der Waals surface area contributed by atoms with Gasteiger partial charge in [-0.05, 0) is 50.9 Å². The zero-order chi connectivity index (χ0) is 15.7. The number of nitrogens with one attached hydrogen (secondary N) is 1. The first kappa shape index (κ1) is 18.0. The highest BCUT2D eigenvalue weighted by molar-refractivity contribution is 5.31. The van der Waals surface area contributed by atoms with Crippen molar-refractivity contribution in [3.05, 3.63) is 29.6 Å². The monoisotopic (exact) mass is 295 g/mol. The van der Waals surface area contributed by atoms with Crippen molar-refractivity contribution in [2.24, 2.45) is 0 Å². The van der Waals surface area contributed by atoms with Crippen LogP contribution in [0.2, 0.25) is 0 Å². The second-order valence-corrected chi connectivity index (χ2v) is 5.75. The van der Waals surface area contributed by atoms with Crippen LogP contribution in [0, 0.1) is 5.82 Å². The van der Waals surface area contributed by atoms with Gasteiger partial charge >= 0.3 is 0 Å². The van der Waals surface area contributed by atoms with Gasteiger partial charge in [-0.3, -0.25) is 0 Å². The molecule has 2 nitrogen and oxygen atoms in total. The van der Waals surface area contributed by atoms with Crippen LogP contribution in [0.3, 0.4) is 0 Å². The van der Waals surface area contributed by atoms with Crippen molar-refractivity contribution in [2.75, 3.05) is 6.54 Å². The smallest absolute Gasteiger partial charge is 0.165 e. The third-order valence-electron chi connectivity index (χ3n) is 3.76. The van der Waals surface area contributed by atoms with Crippen molar-refractivity contribution in [3.8, 4) is 5.75 Å². The molecule has 0 saturated carbocycles. The molecule has 1 aromatic rings. The first-order valence-electron chi connectivity index (χ1n) is 8.27. The molecule has 0 bridgehead atoms. The van der Waals surface area contributed by atoms with E-state index >= 15 is 0 Å². The van der Waals surface area contributed by atoms with Gasteiger partial charge in [-0.2, -0.15) is 0 Å². The summed E-state index contributed by atoms with van der Waals surface area (Å²) in [6, 6.07) is 5.42. The molecule has 0 fully saturated rings. The van der Waals surface area contributed by atoms with E-state index in [0.29, 0.717) is 5.75 Å². The van der Waals surface area contributed by atoms with Crippen LogP contribution in [0.4, 0.5) is 4.39 Å². The summed E-state index contributed by atoms with van der Waals surface area (Å²) in [5.74, 6) is 0.100. The molecule has 0 amide bonds. The van der Waals surface area contributed by atoms with Crippen molar-refractivity contribution >= 4 is 0 Å². The fourth-order valence-electron chi connectivity index (χ4n) is 2.44. The van der Waals surface area contributed by atoms with Crippen LogP contribution >= 0.6 is 0 Å². The lowest BCUT2D eigenvalue weighted by atomic mass is 10.1. The van der Waals surface area contributed by atoms with Crippen molar-refractivity contribution in [3.63, 3.8) is 0 Å². The van der Waals surface area contributed by atoms with Crippen LogP contribution in [-0.2, 0) is 0 Å². The van der Waals surface area contributed by atoms with Gasteiger partial charge < -0.3 is 10.1 Å². The summed E-state index contributed by atoms with van der Waals surface area (Å²) < 4.78 is 19.8. The third kappa shape index (κ3) is 6.47. The van der Waals surface area contributed by atoms with Crippen LogP contribution in [0.1, 0.15) is 71.4 Å². The van der Waals surface area contributed by atoms with Gasteiger partial charge in [-0.25, -0.2) is 4.39 Å². The Morgan fingerprint density at radius 2 is 1.90 bits per heavy atom. The second-order valence-electron chi connectivity index (χ2n) is 5.75. The van der Waals surface area contributed by atoms with E-state index in [1.54, 1.807) is 12.1 Å². The SMILES string of the molecule is CCCCCCC(C)Oc1ccc(C(C)NCC)cc1F. The third-order valence-corrected chi connectivity index (χ3v) is 3.76. The molecule has 1 rings (SSSR count). The average molecular weight is 295 g/mol. The Kier molecular flexibility index (Phi) is 8.36. The number of ether oxygens (including phenoxy) is 1. The van der Waals surface area contributed by atoms with Crippen LogP contribution < -0.4 is 10.1 Å². The Labute approximate surface area is 129 Å². The molecule has 2 atom stereocenters. The number of halogens is 1. The Balaban J connectivity index is 2.52. The van der Waals surface area contributed by atoms with Crippen LogP contribution in [0.5, 0.6) is 5.75 Å². The largest absolute Gasteiger partial charge is 0.488 e. The van der Waals surface area contributed by atoms with Gasteiger partial charge in [0.15, 0.2) is 11.6 Å². The molecule has 0 aliphatic heterocycles. The fourth-order valence-corrected chi connectivity index (χ4v) is 2.44. The molecule has 120 valence electrons. The summed E-state index contributed by atoms with van der Waals surface area (Å²) in [7, 11) is 0. The maximum absolute atomic E-state index is 14.1. The number of rotatable bonds is 10. The highest BCUT2D eigenvalue weighted by Gasteiger charge is 2.11. The molecule has 0 radical (unpaired) electrons. The Morgan fingerprint density at radius 1 is 1.14 bits per heavy atom. The second kappa shape index (κ2) is 9.78. The number of benzene rings is 1. The van der Waals surface area contributed by atoms with Crippen LogP contribution in [0.15, 0.2) is 18.2 Å². The molecule has 0 aliphatic carbocycles. The lowest BCUT2D eigenvalue weighted by Gasteiger charge is -2.17. The van der Waals surface area contributed by atoms with E-state index in [4.69, 9.17) is 4.74 Å². The van der Waals surface area contributed by atoms with E-state index in [-0.39, 0.29) is 18.0 Å². The number of hydrogen-bond acceptors (Lipinski definition) is 2. The first-order valence-corrected chi connectivity index (χ1v) is 8.27. The van der Waals surface area contributed by atoms with Gasteiger partial charge in [0.05, 0.1) is 6.10 Å². The molecule has 0 aliphatic rings. The van der Waals surface area contributed by atoms with Gasteiger partial charge in [0.1, 0.15) is 0 Å². The Bertz CT molecular complexity index is 408. The number of hydrogen-bond donors (Lipinski definition) is 1. The van der Waals surface area contributed by atoms with Gasteiger partial charge in [0, 0.05) is 6.04 Å². The minimum absolute atomic E-state index is 0.0633. The van der Waals surface area contributed by atoms with Crippen molar-refractivity contribution in [1.82, 2.24) is 5.32 Å². The average Bonchev–Trinajstić information content (AvgIpc) is 2.46. The molecule has 0 saturated heterocycles. The maximum atomic E-state index is 14.1. The molecule has 3 heteroatoms. The van der Waals surface area contributed by atoms with E-state index in [9.17, 15) is 4.39 Å². The summed E-state index contributed by atoms with van der Waals surface area (Å²) in [6.45, 7) is 9.17. The van der Waals surface area contributed by atoms with Crippen molar-refractivity contribution < 1.29 is 9.13 Å². The van der Waals surface area contributed by atoms with Crippen molar-refractivity contribution in [2.45, 2.75) is 71.9 Å². The molecule has 0 spiro atoms. The summed E-state index contributed by atoms with van der Waals surface area (Å²) >= 11 is 0. The minimum Gasteiger partial charge on any atom is -0.488 e. The summed E-state index contributed by atoms with van der Waals surface area (Å²) in [5.41, 5.74) is 0.956. The summed E-state index contributed by atoms with van der Waals surface area (Å²) in [6.07, 6.45) is 5.91. The topological polar surface area (TPSA) is 21.3 Å². The Hall–Kier alpha value is -1.09. The van der Waals surface area contributed by atoms with Crippen LogP contribution in [0.25, 0.3) is 0 Å². The molecule has 1 aromatic carbocycles. The quantitative estimate of drug-likeness (QED) is 0.596. The molecule has 0 aromatic heterocycles. The van der Waals surface area contributed by atoms with E-state index in [2.05, 4.69) is 12.2 Å². The summed E-state index contributed by atoms with van der Waals surface area (Å²) in [4.78, 5) is 0. The zero-order valence-corrected chi connectivity index (χ0v) is 13.9. The van der Waals surface area contributed by atoms with Gasteiger partial charge in [-0.1, -0.05) is 39.2 Å². The molecule has 2 unspecified atom stereocenters. The van der Waals surface area contributed by atoms with Gasteiger partial charge in [0.2, 0.25) is 0 Å². The lowest BCUT2D eigenvalue weighted by Crippen LogP contribution is -2.18. The van der Waals surface area contributed by atoms with E-state index in [1.165, 1.54) is 19.3 Å².